The molecule has 1 N–H and O–H groups in total. The van der Waals surface area contributed by atoms with Gasteiger partial charge < -0.3 is 19.1 Å². The van der Waals surface area contributed by atoms with Gasteiger partial charge in [-0.3, -0.25) is 0 Å². The largest absolute Gasteiger partial charge is 0.388 e. The lowest BCUT2D eigenvalue weighted by molar-refractivity contribution is 0.0683. The van der Waals surface area contributed by atoms with Gasteiger partial charge in [-0.25, -0.2) is 0 Å². The highest BCUT2D eigenvalue weighted by Gasteiger charge is 2.22. The van der Waals surface area contributed by atoms with Crippen LogP contribution in [0.1, 0.15) is 48.7 Å². The zero-order chi connectivity index (χ0) is 14.4. The number of fused-ring (bicyclic) bond motifs is 1. The summed E-state index contributed by atoms with van der Waals surface area (Å²) < 4.78 is 12.8. The van der Waals surface area contributed by atoms with E-state index in [0.717, 1.165) is 50.8 Å². The molecule has 0 radical (unpaired) electrons. The normalized spacial score (nSPS) is 18.2. The first-order chi connectivity index (χ1) is 9.74. The minimum absolute atomic E-state index is 0.254. The van der Waals surface area contributed by atoms with Crippen LogP contribution >= 0.6 is 0 Å². The molecule has 1 heterocycles. The summed E-state index contributed by atoms with van der Waals surface area (Å²) in [5, 5.41) is 10.0. The van der Waals surface area contributed by atoms with Gasteiger partial charge >= 0.3 is 0 Å². The minimum Gasteiger partial charge on any atom is -0.388 e. The molecular weight excluding hydrogens is 254 g/mol. The Hall–Kier alpha value is -0.840. The van der Waals surface area contributed by atoms with E-state index >= 15 is 0 Å². The van der Waals surface area contributed by atoms with Crippen molar-refractivity contribution in [1.82, 2.24) is 4.57 Å². The van der Waals surface area contributed by atoms with Crippen LogP contribution < -0.4 is 0 Å². The molecule has 0 aliphatic heterocycles. The topological polar surface area (TPSA) is 43.6 Å². The van der Waals surface area contributed by atoms with Crippen molar-refractivity contribution in [2.45, 2.75) is 51.7 Å². The number of rotatable bonds is 8. The van der Waals surface area contributed by atoms with Gasteiger partial charge in [0.15, 0.2) is 0 Å². The Kier molecular flexibility index (Phi) is 6.07. The highest BCUT2D eigenvalue weighted by molar-refractivity contribution is 5.31. The van der Waals surface area contributed by atoms with E-state index in [9.17, 15) is 5.11 Å². The van der Waals surface area contributed by atoms with Crippen LogP contribution in [0, 0.1) is 6.92 Å². The Balaban J connectivity index is 1.78. The molecule has 1 atom stereocenters. The Morgan fingerprint density at radius 2 is 2.15 bits per heavy atom. The summed E-state index contributed by atoms with van der Waals surface area (Å²) in [6.45, 7) is 5.32. The second-order valence-corrected chi connectivity index (χ2v) is 5.56. The van der Waals surface area contributed by atoms with E-state index in [1.165, 1.54) is 11.4 Å². The van der Waals surface area contributed by atoms with Crippen LogP contribution in [0.5, 0.6) is 0 Å². The van der Waals surface area contributed by atoms with E-state index in [2.05, 4.69) is 17.6 Å². The molecule has 0 bridgehead atoms. The third-order valence-electron chi connectivity index (χ3n) is 4.05. The maximum Gasteiger partial charge on any atom is 0.0807 e. The van der Waals surface area contributed by atoms with Crippen LogP contribution in [0.25, 0.3) is 0 Å². The summed E-state index contributed by atoms with van der Waals surface area (Å²) in [5.74, 6) is 0. The fourth-order valence-electron chi connectivity index (χ4n) is 2.97. The lowest BCUT2D eigenvalue weighted by Crippen LogP contribution is -2.13. The molecule has 0 aromatic carbocycles. The Morgan fingerprint density at radius 1 is 1.30 bits per heavy atom. The Bertz CT molecular complexity index is 414. The highest BCUT2D eigenvalue weighted by Crippen LogP contribution is 2.32. The molecule has 4 nitrogen and oxygen atoms in total. The molecule has 114 valence electrons. The van der Waals surface area contributed by atoms with Gasteiger partial charge in [-0.2, -0.15) is 0 Å². The van der Waals surface area contributed by atoms with Gasteiger partial charge in [0.25, 0.3) is 0 Å². The number of aryl methyl sites for hydroxylation is 1. The molecule has 2 rings (SSSR count). The maximum absolute atomic E-state index is 10.0. The zero-order valence-electron chi connectivity index (χ0n) is 12.7. The second kappa shape index (κ2) is 7.81. The maximum atomic E-state index is 10.0. The van der Waals surface area contributed by atoms with E-state index in [-0.39, 0.29) is 6.10 Å². The number of nitrogens with zero attached hydrogens (tertiary/aromatic N) is 1. The molecular formula is C16H27NO3. The molecule has 0 spiro atoms. The van der Waals surface area contributed by atoms with Gasteiger partial charge in [0.2, 0.25) is 0 Å². The molecule has 20 heavy (non-hydrogen) atoms. The van der Waals surface area contributed by atoms with Crippen LogP contribution in [-0.2, 0) is 22.4 Å². The van der Waals surface area contributed by atoms with Crippen molar-refractivity contribution in [3.05, 3.63) is 23.0 Å². The lowest BCUT2D eigenvalue weighted by atomic mass is 9.95. The van der Waals surface area contributed by atoms with Crippen molar-refractivity contribution in [2.75, 3.05) is 26.9 Å². The van der Waals surface area contributed by atoms with Crippen molar-refractivity contribution in [3.8, 4) is 0 Å². The Morgan fingerprint density at radius 3 is 2.95 bits per heavy atom. The van der Waals surface area contributed by atoms with E-state index in [1.54, 1.807) is 7.11 Å². The molecule has 0 amide bonds. The Labute approximate surface area is 121 Å². The van der Waals surface area contributed by atoms with E-state index < -0.39 is 0 Å². The van der Waals surface area contributed by atoms with Gasteiger partial charge in [0.05, 0.1) is 19.3 Å². The quantitative estimate of drug-likeness (QED) is 0.745. The molecule has 1 aliphatic rings. The summed E-state index contributed by atoms with van der Waals surface area (Å²) in [4.78, 5) is 0. The second-order valence-electron chi connectivity index (χ2n) is 5.56. The fraction of sp³-hybridized carbons (Fsp3) is 0.750. The van der Waals surface area contributed by atoms with Gasteiger partial charge in [-0.1, -0.05) is 0 Å². The van der Waals surface area contributed by atoms with Crippen molar-refractivity contribution in [1.29, 1.82) is 0 Å². The van der Waals surface area contributed by atoms with Crippen LogP contribution in [0.4, 0.5) is 0 Å². The summed E-state index contributed by atoms with van der Waals surface area (Å²) in [7, 11) is 1.69. The highest BCUT2D eigenvalue weighted by atomic mass is 16.5. The van der Waals surface area contributed by atoms with Crippen molar-refractivity contribution in [2.24, 2.45) is 0 Å². The standard InChI is InChI=1S/C16H27NO3/c1-13-12-14-15(6-5-7-16(14)18)17(13)8-3-4-9-20-11-10-19-2/h12,16,18H,3-11H2,1-2H3. The van der Waals surface area contributed by atoms with E-state index in [4.69, 9.17) is 9.47 Å². The first-order valence-electron chi connectivity index (χ1n) is 7.67. The number of methoxy groups -OCH3 is 1. The minimum atomic E-state index is -0.254. The fourth-order valence-corrected chi connectivity index (χ4v) is 2.97. The van der Waals surface area contributed by atoms with Gasteiger partial charge in [-0.15, -0.1) is 0 Å². The molecule has 1 aliphatic carbocycles. The van der Waals surface area contributed by atoms with Crippen LogP contribution in [-0.4, -0.2) is 36.6 Å². The third-order valence-corrected chi connectivity index (χ3v) is 4.05. The van der Waals surface area contributed by atoms with E-state index in [1.807, 2.05) is 0 Å². The number of hydrogen-bond acceptors (Lipinski definition) is 3. The van der Waals surface area contributed by atoms with Crippen molar-refractivity contribution in [3.63, 3.8) is 0 Å². The first kappa shape index (κ1) is 15.5. The predicted octanol–water partition coefficient (Wildman–Crippen LogP) is 2.61. The molecule has 1 aromatic heterocycles. The number of aliphatic hydroxyl groups is 1. The molecule has 0 saturated carbocycles. The molecule has 1 unspecified atom stereocenters. The van der Waals surface area contributed by atoms with Crippen molar-refractivity contribution >= 4 is 0 Å². The lowest BCUT2D eigenvalue weighted by Gasteiger charge is -2.20. The predicted molar refractivity (Wildman–Crippen MR) is 79.0 cm³/mol. The SMILES string of the molecule is COCCOCCCCn1c(C)cc2c1CCCC2O. The summed E-state index contributed by atoms with van der Waals surface area (Å²) >= 11 is 0. The average molecular weight is 281 g/mol. The van der Waals surface area contributed by atoms with Crippen LogP contribution in [0.3, 0.4) is 0 Å². The van der Waals surface area contributed by atoms with Crippen molar-refractivity contribution < 1.29 is 14.6 Å². The smallest absolute Gasteiger partial charge is 0.0807 e. The molecule has 0 saturated heterocycles. The zero-order valence-corrected chi connectivity index (χ0v) is 12.7. The monoisotopic (exact) mass is 281 g/mol. The molecule has 0 fully saturated rings. The number of aliphatic hydroxyl groups excluding tert-OH is 1. The number of hydrogen-bond donors (Lipinski definition) is 1. The molecule has 1 aromatic rings. The van der Waals surface area contributed by atoms with Crippen LogP contribution in [0.2, 0.25) is 0 Å². The van der Waals surface area contributed by atoms with Crippen LogP contribution in [0.15, 0.2) is 6.07 Å². The summed E-state index contributed by atoms with van der Waals surface area (Å²) in [6, 6.07) is 2.16. The first-order valence-corrected chi connectivity index (χ1v) is 7.67. The van der Waals surface area contributed by atoms with Gasteiger partial charge in [0, 0.05) is 37.2 Å². The number of unbranched alkanes of at least 4 members (excludes halogenated alkanes) is 1. The summed E-state index contributed by atoms with van der Waals surface area (Å²) in [5.41, 5.74) is 3.78. The van der Waals surface area contributed by atoms with E-state index in [0.29, 0.717) is 13.2 Å². The van der Waals surface area contributed by atoms with Gasteiger partial charge in [0.1, 0.15) is 0 Å². The molecule has 4 heteroatoms. The average Bonchev–Trinajstić information content (AvgIpc) is 2.76. The number of aromatic nitrogens is 1. The summed E-state index contributed by atoms with van der Waals surface area (Å²) in [6.07, 6.45) is 5.03. The van der Waals surface area contributed by atoms with Gasteiger partial charge in [-0.05, 0) is 45.1 Å². The third kappa shape index (κ3) is 3.84. The number of ether oxygens (including phenoxy) is 2.